The lowest BCUT2D eigenvalue weighted by Gasteiger charge is -2.02. The number of alkyl halides is 1. The van der Waals surface area contributed by atoms with E-state index in [1.54, 1.807) is 13.2 Å². The third kappa shape index (κ3) is 3.24. The van der Waals surface area contributed by atoms with Crippen LogP contribution in [0, 0.1) is 0 Å². The van der Waals surface area contributed by atoms with Gasteiger partial charge >= 0.3 is 0 Å². The fraction of sp³-hybridized carbons (Fsp3) is 0.273. The van der Waals surface area contributed by atoms with Gasteiger partial charge in [0.1, 0.15) is 5.75 Å². The zero-order chi connectivity index (χ0) is 10.4. The van der Waals surface area contributed by atoms with Crippen LogP contribution in [0.3, 0.4) is 0 Å². The fourth-order valence-electron chi connectivity index (χ4n) is 1.04. The van der Waals surface area contributed by atoms with Crippen LogP contribution in [-0.2, 0) is 0 Å². The summed E-state index contributed by atoms with van der Waals surface area (Å²) in [5, 5.41) is 0.690. The quantitative estimate of drug-likeness (QED) is 0.712. The minimum atomic E-state index is 0.629. The van der Waals surface area contributed by atoms with E-state index >= 15 is 0 Å². The molecule has 3 heteroatoms. The molecule has 0 aliphatic heterocycles. The molecular weight excluding hydrogens is 219 g/mol. The minimum Gasteiger partial charge on any atom is -0.497 e. The predicted molar refractivity (Wildman–Crippen MR) is 62.4 cm³/mol. The molecule has 0 aliphatic carbocycles. The molecule has 0 N–H and O–H groups in total. The second kappa shape index (κ2) is 5.94. The van der Waals surface area contributed by atoms with Crippen molar-refractivity contribution >= 4 is 29.3 Å². The molecule has 0 saturated heterocycles. The van der Waals surface area contributed by atoms with Gasteiger partial charge in [0.15, 0.2) is 0 Å². The lowest BCUT2D eigenvalue weighted by atomic mass is 10.2. The third-order valence-electron chi connectivity index (χ3n) is 1.78. The summed E-state index contributed by atoms with van der Waals surface area (Å²) >= 11 is 11.6. The summed E-state index contributed by atoms with van der Waals surface area (Å²) in [5.41, 5.74) is 0.984. The maximum atomic E-state index is 6.02. The number of benzene rings is 1. The summed E-state index contributed by atoms with van der Waals surface area (Å²) in [6.45, 7) is 0. The molecule has 0 heterocycles. The van der Waals surface area contributed by atoms with Gasteiger partial charge in [-0.05, 0) is 30.2 Å². The molecule has 0 unspecified atom stereocenters. The van der Waals surface area contributed by atoms with Gasteiger partial charge in [0.25, 0.3) is 0 Å². The number of halogens is 2. The van der Waals surface area contributed by atoms with Crippen molar-refractivity contribution in [1.82, 2.24) is 0 Å². The Hall–Kier alpha value is -0.660. The van der Waals surface area contributed by atoms with Gasteiger partial charge in [-0.2, -0.15) is 0 Å². The number of methoxy groups -OCH3 is 1. The normalized spacial score (nSPS) is 10.8. The minimum absolute atomic E-state index is 0.629. The molecule has 1 nitrogen and oxygen atoms in total. The average Bonchev–Trinajstić information content (AvgIpc) is 2.20. The Balaban J connectivity index is 2.78. The summed E-state index contributed by atoms with van der Waals surface area (Å²) in [5.74, 6) is 1.40. The van der Waals surface area contributed by atoms with Crippen molar-refractivity contribution in [3.8, 4) is 5.75 Å². The van der Waals surface area contributed by atoms with Gasteiger partial charge < -0.3 is 4.74 Å². The maximum absolute atomic E-state index is 6.02. The van der Waals surface area contributed by atoms with E-state index in [4.69, 9.17) is 27.9 Å². The first kappa shape index (κ1) is 11.4. The fourth-order valence-corrected chi connectivity index (χ4v) is 1.40. The van der Waals surface area contributed by atoms with Crippen LogP contribution in [0.5, 0.6) is 5.75 Å². The Bertz CT molecular complexity index is 321. The largest absolute Gasteiger partial charge is 0.497 e. The third-order valence-corrected chi connectivity index (χ3v) is 2.33. The van der Waals surface area contributed by atoms with E-state index in [9.17, 15) is 0 Å². The van der Waals surface area contributed by atoms with Gasteiger partial charge in [0.05, 0.1) is 12.1 Å². The molecule has 0 amide bonds. The highest BCUT2D eigenvalue weighted by atomic mass is 35.5. The summed E-state index contributed by atoms with van der Waals surface area (Å²) in [4.78, 5) is 0. The van der Waals surface area contributed by atoms with Crippen LogP contribution in [0.25, 0.3) is 6.08 Å². The molecule has 14 heavy (non-hydrogen) atoms. The molecule has 0 radical (unpaired) electrons. The Morgan fingerprint density at radius 2 is 2.21 bits per heavy atom. The molecule has 0 atom stereocenters. The van der Waals surface area contributed by atoms with Crippen LogP contribution >= 0.6 is 23.2 Å². The van der Waals surface area contributed by atoms with Crippen LogP contribution in [0.2, 0.25) is 5.02 Å². The monoisotopic (exact) mass is 230 g/mol. The highest BCUT2D eigenvalue weighted by Crippen LogP contribution is 2.23. The maximum Gasteiger partial charge on any atom is 0.120 e. The SMILES string of the molecule is COc1ccc(C=CCCCl)c(Cl)c1. The molecule has 1 aromatic rings. The molecule has 0 aliphatic rings. The summed E-state index contributed by atoms with van der Waals surface area (Å²) in [6, 6.07) is 5.60. The van der Waals surface area contributed by atoms with Gasteiger partial charge in [-0.15, -0.1) is 11.6 Å². The van der Waals surface area contributed by atoms with Crippen LogP contribution in [0.4, 0.5) is 0 Å². The van der Waals surface area contributed by atoms with Gasteiger partial charge in [0.2, 0.25) is 0 Å². The highest BCUT2D eigenvalue weighted by Gasteiger charge is 1.98. The van der Waals surface area contributed by atoms with Crippen LogP contribution in [0.1, 0.15) is 12.0 Å². The van der Waals surface area contributed by atoms with Crippen molar-refractivity contribution < 1.29 is 4.74 Å². The first-order valence-electron chi connectivity index (χ1n) is 4.34. The Labute approximate surface area is 94.3 Å². The van der Waals surface area contributed by atoms with Gasteiger partial charge in [0, 0.05) is 5.88 Å². The number of hydrogen-bond acceptors (Lipinski definition) is 1. The lowest BCUT2D eigenvalue weighted by Crippen LogP contribution is -1.83. The van der Waals surface area contributed by atoms with Crippen LogP contribution < -0.4 is 4.74 Å². The van der Waals surface area contributed by atoms with Crippen molar-refractivity contribution in [2.24, 2.45) is 0 Å². The molecule has 0 spiro atoms. The zero-order valence-corrected chi connectivity index (χ0v) is 9.48. The summed E-state index contributed by atoms with van der Waals surface area (Å²) in [7, 11) is 1.62. The molecular formula is C11H12Cl2O. The molecule has 1 aromatic carbocycles. The average molecular weight is 231 g/mol. The van der Waals surface area contributed by atoms with Crippen LogP contribution in [0.15, 0.2) is 24.3 Å². The molecule has 76 valence electrons. The Kier molecular flexibility index (Phi) is 4.85. The number of ether oxygens (including phenoxy) is 1. The summed E-state index contributed by atoms with van der Waals surface area (Å²) < 4.78 is 5.05. The highest BCUT2D eigenvalue weighted by molar-refractivity contribution is 6.32. The van der Waals surface area contributed by atoms with Crippen molar-refractivity contribution in [2.75, 3.05) is 13.0 Å². The number of rotatable bonds is 4. The lowest BCUT2D eigenvalue weighted by molar-refractivity contribution is 0.415. The number of hydrogen-bond donors (Lipinski definition) is 0. The van der Waals surface area contributed by atoms with E-state index in [2.05, 4.69) is 0 Å². The first-order chi connectivity index (χ1) is 6.77. The molecule has 1 rings (SSSR count). The standard InChI is InChI=1S/C11H12Cl2O/c1-14-10-6-5-9(11(13)8-10)4-2-3-7-12/h2,4-6,8H,3,7H2,1H3. The molecule has 0 aromatic heterocycles. The van der Waals surface area contributed by atoms with Crippen molar-refractivity contribution in [3.63, 3.8) is 0 Å². The van der Waals surface area contributed by atoms with Crippen LogP contribution in [-0.4, -0.2) is 13.0 Å². The zero-order valence-electron chi connectivity index (χ0n) is 7.97. The van der Waals surface area contributed by atoms with Gasteiger partial charge in [-0.1, -0.05) is 23.8 Å². The van der Waals surface area contributed by atoms with E-state index < -0.39 is 0 Å². The first-order valence-corrected chi connectivity index (χ1v) is 5.25. The Morgan fingerprint density at radius 3 is 2.79 bits per heavy atom. The van der Waals surface area contributed by atoms with E-state index in [-0.39, 0.29) is 0 Å². The molecule has 0 saturated carbocycles. The van der Waals surface area contributed by atoms with E-state index in [0.717, 1.165) is 17.7 Å². The Morgan fingerprint density at radius 1 is 1.43 bits per heavy atom. The smallest absolute Gasteiger partial charge is 0.120 e. The van der Waals surface area contributed by atoms with Gasteiger partial charge in [-0.3, -0.25) is 0 Å². The van der Waals surface area contributed by atoms with E-state index in [1.165, 1.54) is 0 Å². The van der Waals surface area contributed by atoms with Gasteiger partial charge in [-0.25, -0.2) is 0 Å². The molecule has 0 bridgehead atoms. The predicted octanol–water partition coefficient (Wildman–Crippen LogP) is 3.99. The second-order valence-electron chi connectivity index (χ2n) is 2.77. The molecule has 0 fully saturated rings. The summed E-state index contributed by atoms with van der Waals surface area (Å²) in [6.07, 6.45) is 4.81. The van der Waals surface area contributed by atoms with E-state index in [1.807, 2.05) is 24.3 Å². The topological polar surface area (TPSA) is 9.23 Å². The second-order valence-corrected chi connectivity index (χ2v) is 3.55. The van der Waals surface area contributed by atoms with E-state index in [0.29, 0.717) is 10.9 Å². The van der Waals surface area contributed by atoms with Crippen molar-refractivity contribution in [2.45, 2.75) is 6.42 Å². The van der Waals surface area contributed by atoms with Crippen molar-refractivity contribution in [1.29, 1.82) is 0 Å². The number of allylic oxidation sites excluding steroid dienone is 1. The van der Waals surface area contributed by atoms with Crippen molar-refractivity contribution in [3.05, 3.63) is 34.9 Å².